The van der Waals surface area contributed by atoms with Crippen LogP contribution in [-0.4, -0.2) is 17.1 Å². The van der Waals surface area contributed by atoms with Crippen molar-refractivity contribution >= 4 is 34.2 Å². The summed E-state index contributed by atoms with van der Waals surface area (Å²) in [6, 6.07) is 5.21. The molecule has 0 fully saturated rings. The molecule has 1 aromatic carbocycles. The molecule has 0 aliphatic rings. The average Bonchev–Trinajstić information content (AvgIpc) is 2.16. The molecule has 3 nitrogen and oxygen atoms in total. The van der Waals surface area contributed by atoms with Gasteiger partial charge in [-0.05, 0) is 18.2 Å². The first-order valence-corrected chi connectivity index (χ1v) is 4.63. The van der Waals surface area contributed by atoms with E-state index >= 15 is 0 Å². The van der Waals surface area contributed by atoms with Crippen LogP contribution in [-0.2, 0) is 0 Å². The van der Waals surface area contributed by atoms with Gasteiger partial charge in [-0.2, -0.15) is 0 Å². The molecule has 2 rings (SSSR count). The zero-order chi connectivity index (χ0) is 10.1. The molecule has 2 aromatic rings. The van der Waals surface area contributed by atoms with Gasteiger partial charge in [-0.1, -0.05) is 23.2 Å². The van der Waals surface area contributed by atoms with E-state index in [0.717, 1.165) is 0 Å². The summed E-state index contributed by atoms with van der Waals surface area (Å²) >= 11 is 11.6. The van der Waals surface area contributed by atoms with Crippen molar-refractivity contribution in [3.05, 3.63) is 28.4 Å². The summed E-state index contributed by atoms with van der Waals surface area (Å²) in [5.41, 5.74) is 1.36. The molecule has 0 aliphatic heterocycles. The first-order chi connectivity index (χ1) is 6.70. The molecule has 0 aliphatic carbocycles. The van der Waals surface area contributed by atoms with E-state index in [1.807, 2.05) is 0 Å². The van der Waals surface area contributed by atoms with Gasteiger partial charge in [-0.3, -0.25) is 0 Å². The molecule has 0 atom stereocenters. The third-order valence-corrected chi connectivity index (χ3v) is 2.23. The van der Waals surface area contributed by atoms with E-state index in [1.54, 1.807) is 18.2 Å². The molecule has 1 heterocycles. The lowest BCUT2D eigenvalue weighted by atomic mass is 10.3. The summed E-state index contributed by atoms with van der Waals surface area (Å²) in [5, 5.41) is 0.843. The fraction of sp³-hybridized carbons (Fsp3) is 0.111. The molecule has 0 amide bonds. The molecule has 5 heteroatoms. The molecule has 0 spiro atoms. The minimum Gasteiger partial charge on any atom is -0.479 e. The molecule has 0 N–H and O–H groups in total. The largest absolute Gasteiger partial charge is 0.479 e. The predicted molar refractivity (Wildman–Crippen MR) is 56.1 cm³/mol. The van der Waals surface area contributed by atoms with Gasteiger partial charge in [-0.25, -0.2) is 9.97 Å². The van der Waals surface area contributed by atoms with Crippen LogP contribution >= 0.6 is 23.2 Å². The van der Waals surface area contributed by atoms with Gasteiger partial charge >= 0.3 is 0 Å². The lowest BCUT2D eigenvalue weighted by molar-refractivity contribution is 0.398. The van der Waals surface area contributed by atoms with Crippen molar-refractivity contribution in [3.63, 3.8) is 0 Å². The van der Waals surface area contributed by atoms with E-state index in [-0.39, 0.29) is 5.15 Å². The number of methoxy groups -OCH3 is 1. The summed E-state index contributed by atoms with van der Waals surface area (Å²) in [6.45, 7) is 0. The van der Waals surface area contributed by atoms with Gasteiger partial charge in [0.2, 0.25) is 0 Å². The Balaban J connectivity index is 2.73. The number of hydrogen-bond acceptors (Lipinski definition) is 3. The van der Waals surface area contributed by atoms with Crippen LogP contribution in [0.1, 0.15) is 0 Å². The smallest absolute Gasteiger partial charge is 0.252 e. The molecule has 1 aromatic heterocycles. The van der Waals surface area contributed by atoms with Crippen molar-refractivity contribution in [2.24, 2.45) is 0 Å². The number of nitrogens with zero attached hydrogens (tertiary/aromatic N) is 2. The van der Waals surface area contributed by atoms with Crippen molar-refractivity contribution in [3.8, 4) is 5.88 Å². The minimum absolute atomic E-state index is 0.238. The van der Waals surface area contributed by atoms with Crippen molar-refractivity contribution in [1.82, 2.24) is 9.97 Å². The van der Waals surface area contributed by atoms with Gasteiger partial charge in [0.15, 0.2) is 5.15 Å². The minimum atomic E-state index is 0.238. The van der Waals surface area contributed by atoms with Crippen LogP contribution in [0.25, 0.3) is 11.0 Å². The van der Waals surface area contributed by atoms with E-state index in [0.29, 0.717) is 21.9 Å². The highest BCUT2D eigenvalue weighted by atomic mass is 35.5. The van der Waals surface area contributed by atoms with Crippen molar-refractivity contribution in [1.29, 1.82) is 0 Å². The van der Waals surface area contributed by atoms with Crippen LogP contribution in [0.4, 0.5) is 0 Å². The first kappa shape index (κ1) is 9.49. The molecule has 0 bridgehead atoms. The maximum absolute atomic E-state index is 5.81. The average molecular weight is 229 g/mol. The van der Waals surface area contributed by atoms with Crippen LogP contribution in [0.2, 0.25) is 10.2 Å². The highest BCUT2D eigenvalue weighted by molar-refractivity contribution is 6.32. The second-order valence-corrected chi connectivity index (χ2v) is 3.45. The van der Waals surface area contributed by atoms with Crippen LogP contribution in [0.5, 0.6) is 5.88 Å². The Labute approximate surface area is 90.6 Å². The summed E-state index contributed by atoms with van der Waals surface area (Å²) < 4.78 is 4.94. The van der Waals surface area contributed by atoms with Gasteiger partial charge in [0, 0.05) is 5.02 Å². The highest BCUT2D eigenvalue weighted by Gasteiger charge is 2.06. The number of hydrogen-bond donors (Lipinski definition) is 0. The van der Waals surface area contributed by atoms with Crippen LogP contribution in [0, 0.1) is 0 Å². The SMILES string of the molecule is COc1nc2ccc(Cl)cc2nc1Cl. The summed E-state index contributed by atoms with van der Waals surface area (Å²) in [4.78, 5) is 8.26. The van der Waals surface area contributed by atoms with Gasteiger partial charge in [-0.15, -0.1) is 0 Å². The molecule has 0 unspecified atom stereocenters. The maximum atomic E-state index is 5.81. The zero-order valence-electron chi connectivity index (χ0n) is 7.29. The summed E-state index contributed by atoms with van der Waals surface area (Å²) in [5.74, 6) is 0.321. The standard InChI is InChI=1S/C9H6Cl2N2O/c1-14-9-8(11)12-7-4-5(10)2-3-6(7)13-9/h2-4H,1H3. The van der Waals surface area contributed by atoms with E-state index in [4.69, 9.17) is 27.9 Å². The molecule has 0 radical (unpaired) electrons. The van der Waals surface area contributed by atoms with Crippen molar-refractivity contribution < 1.29 is 4.74 Å². The van der Waals surface area contributed by atoms with Crippen LogP contribution in [0.15, 0.2) is 18.2 Å². The fourth-order valence-corrected chi connectivity index (χ4v) is 1.50. The zero-order valence-corrected chi connectivity index (χ0v) is 8.80. The fourth-order valence-electron chi connectivity index (χ4n) is 1.12. The van der Waals surface area contributed by atoms with Gasteiger partial charge in [0.1, 0.15) is 0 Å². The summed E-state index contributed by atoms with van der Waals surface area (Å²) in [7, 11) is 1.50. The van der Waals surface area contributed by atoms with Gasteiger partial charge in [0.25, 0.3) is 5.88 Å². The Morgan fingerprint density at radius 2 is 1.93 bits per heavy atom. The Bertz CT molecular complexity index is 487. The Morgan fingerprint density at radius 3 is 2.64 bits per heavy atom. The second kappa shape index (κ2) is 3.59. The molecule has 14 heavy (non-hydrogen) atoms. The number of rotatable bonds is 1. The number of halogens is 2. The lowest BCUT2D eigenvalue weighted by Crippen LogP contribution is -1.92. The molecular formula is C9H6Cl2N2O. The van der Waals surface area contributed by atoms with Crippen molar-refractivity contribution in [2.75, 3.05) is 7.11 Å². The number of fused-ring (bicyclic) bond motifs is 1. The third-order valence-electron chi connectivity index (χ3n) is 1.75. The molecule has 72 valence electrons. The van der Waals surface area contributed by atoms with Crippen LogP contribution < -0.4 is 4.74 Å². The van der Waals surface area contributed by atoms with Crippen molar-refractivity contribution in [2.45, 2.75) is 0 Å². The number of benzene rings is 1. The van der Waals surface area contributed by atoms with E-state index in [9.17, 15) is 0 Å². The highest BCUT2D eigenvalue weighted by Crippen LogP contribution is 2.24. The monoisotopic (exact) mass is 228 g/mol. The van der Waals surface area contributed by atoms with Gasteiger partial charge < -0.3 is 4.74 Å². The maximum Gasteiger partial charge on any atom is 0.252 e. The Hall–Kier alpha value is -1.06. The quantitative estimate of drug-likeness (QED) is 0.753. The normalized spacial score (nSPS) is 10.5. The van der Waals surface area contributed by atoms with E-state index in [1.165, 1.54) is 7.11 Å². The number of ether oxygens (including phenoxy) is 1. The second-order valence-electron chi connectivity index (χ2n) is 2.66. The summed E-state index contributed by atoms with van der Waals surface area (Å²) in [6.07, 6.45) is 0. The van der Waals surface area contributed by atoms with E-state index in [2.05, 4.69) is 9.97 Å². The Kier molecular flexibility index (Phi) is 2.44. The molecular weight excluding hydrogens is 223 g/mol. The van der Waals surface area contributed by atoms with E-state index < -0.39 is 0 Å². The Morgan fingerprint density at radius 1 is 1.14 bits per heavy atom. The number of aromatic nitrogens is 2. The first-order valence-electron chi connectivity index (χ1n) is 3.87. The molecule has 0 saturated carbocycles. The third kappa shape index (κ3) is 1.61. The molecule has 0 saturated heterocycles. The van der Waals surface area contributed by atoms with Gasteiger partial charge in [0.05, 0.1) is 18.1 Å². The van der Waals surface area contributed by atoms with Crippen LogP contribution in [0.3, 0.4) is 0 Å². The predicted octanol–water partition coefficient (Wildman–Crippen LogP) is 2.95. The topological polar surface area (TPSA) is 35.0 Å². The lowest BCUT2D eigenvalue weighted by Gasteiger charge is -2.03.